The molecule has 0 aliphatic rings. The van der Waals surface area contributed by atoms with E-state index < -0.39 is 0 Å². The molecule has 0 unspecified atom stereocenters. The van der Waals surface area contributed by atoms with E-state index in [1.165, 1.54) is 23.6 Å². The van der Waals surface area contributed by atoms with Crippen molar-refractivity contribution in [3.05, 3.63) is 57.2 Å². The van der Waals surface area contributed by atoms with Crippen LogP contribution in [0.2, 0.25) is 5.15 Å². The van der Waals surface area contributed by atoms with Crippen molar-refractivity contribution in [3.63, 3.8) is 0 Å². The lowest BCUT2D eigenvalue weighted by Gasteiger charge is -2.08. The first-order chi connectivity index (χ1) is 8.61. The van der Waals surface area contributed by atoms with Gasteiger partial charge in [0.1, 0.15) is 0 Å². The molecule has 1 aromatic carbocycles. The number of aryl methyl sites for hydroxylation is 1. The highest BCUT2D eigenvalue weighted by atomic mass is 35.5. The Morgan fingerprint density at radius 2 is 2.00 bits per heavy atom. The smallest absolute Gasteiger partial charge is 0.297 e. The fourth-order valence-corrected chi connectivity index (χ4v) is 1.83. The van der Waals surface area contributed by atoms with Gasteiger partial charge in [0.25, 0.3) is 5.56 Å². The number of benzene rings is 1. The molecule has 18 heavy (non-hydrogen) atoms. The summed E-state index contributed by atoms with van der Waals surface area (Å²) in [7, 11) is 1.40. The van der Waals surface area contributed by atoms with Gasteiger partial charge in [-0.2, -0.15) is 0 Å². The summed E-state index contributed by atoms with van der Waals surface area (Å²) in [6.45, 7) is 2.46. The summed E-state index contributed by atoms with van der Waals surface area (Å²) in [5, 5.41) is 0.0858. The van der Waals surface area contributed by atoms with Crippen LogP contribution in [0, 0.1) is 6.92 Å². The molecule has 1 aromatic heterocycles. The van der Waals surface area contributed by atoms with E-state index in [0.29, 0.717) is 6.54 Å². The van der Waals surface area contributed by atoms with Gasteiger partial charge in [0, 0.05) is 0 Å². The first kappa shape index (κ1) is 12.6. The predicted octanol–water partition coefficient (Wildman–Crippen LogP) is 2.26. The van der Waals surface area contributed by atoms with Crippen LogP contribution in [0.3, 0.4) is 0 Å². The molecule has 0 spiro atoms. The molecule has 0 aliphatic carbocycles. The molecule has 2 aromatic rings. The van der Waals surface area contributed by atoms with Crippen molar-refractivity contribution in [2.45, 2.75) is 13.5 Å². The number of aromatic nitrogens is 2. The largest absolute Gasteiger partial charge is 0.489 e. The van der Waals surface area contributed by atoms with Gasteiger partial charge in [0.15, 0.2) is 5.15 Å². The van der Waals surface area contributed by atoms with Gasteiger partial charge in [-0.1, -0.05) is 41.4 Å². The van der Waals surface area contributed by atoms with Crippen molar-refractivity contribution >= 4 is 11.6 Å². The number of nitrogens with zero attached hydrogens (tertiary/aromatic N) is 2. The van der Waals surface area contributed by atoms with E-state index in [0.717, 1.165) is 5.56 Å². The Bertz CT molecular complexity index is 605. The van der Waals surface area contributed by atoms with Crippen LogP contribution >= 0.6 is 11.6 Å². The summed E-state index contributed by atoms with van der Waals surface area (Å²) in [5.41, 5.74) is 1.92. The zero-order valence-corrected chi connectivity index (χ0v) is 10.9. The number of hydrogen-bond donors (Lipinski definition) is 0. The average molecular weight is 265 g/mol. The van der Waals surface area contributed by atoms with Crippen molar-refractivity contribution < 1.29 is 4.74 Å². The second kappa shape index (κ2) is 5.23. The standard InChI is InChI=1S/C13H13ClN2O2/c1-9-3-5-10(6-4-9)7-16-8-15-12(14)11(18-2)13(16)17/h3-6,8H,7H2,1-2H3. The molecule has 0 N–H and O–H groups in total. The molecule has 5 heteroatoms. The maximum atomic E-state index is 12.0. The Labute approximate surface area is 110 Å². The van der Waals surface area contributed by atoms with Gasteiger partial charge >= 0.3 is 0 Å². The van der Waals surface area contributed by atoms with Crippen LogP contribution in [0.4, 0.5) is 0 Å². The molecule has 0 atom stereocenters. The average Bonchev–Trinajstić information content (AvgIpc) is 2.36. The number of methoxy groups -OCH3 is 1. The highest BCUT2D eigenvalue weighted by Gasteiger charge is 2.10. The van der Waals surface area contributed by atoms with Crippen molar-refractivity contribution in [1.29, 1.82) is 0 Å². The second-order valence-corrected chi connectivity index (χ2v) is 4.35. The Hall–Kier alpha value is -1.81. The summed E-state index contributed by atoms with van der Waals surface area (Å²) >= 11 is 5.78. The van der Waals surface area contributed by atoms with Crippen LogP contribution in [0.25, 0.3) is 0 Å². The lowest BCUT2D eigenvalue weighted by molar-refractivity contribution is 0.401. The minimum atomic E-state index is -0.280. The Balaban J connectivity index is 2.35. The van der Waals surface area contributed by atoms with Gasteiger partial charge in [0.05, 0.1) is 20.0 Å². The lowest BCUT2D eigenvalue weighted by Crippen LogP contribution is -2.22. The minimum Gasteiger partial charge on any atom is -0.489 e. The maximum Gasteiger partial charge on any atom is 0.297 e. The molecular weight excluding hydrogens is 252 g/mol. The summed E-state index contributed by atoms with van der Waals surface area (Å²) in [6, 6.07) is 7.95. The van der Waals surface area contributed by atoms with Gasteiger partial charge in [-0.05, 0) is 12.5 Å². The van der Waals surface area contributed by atoms with Gasteiger partial charge in [-0.3, -0.25) is 9.36 Å². The van der Waals surface area contributed by atoms with Gasteiger partial charge in [-0.25, -0.2) is 4.98 Å². The van der Waals surface area contributed by atoms with Crippen LogP contribution in [-0.2, 0) is 6.54 Å². The third-order valence-electron chi connectivity index (χ3n) is 2.63. The van der Waals surface area contributed by atoms with Crippen molar-refractivity contribution in [1.82, 2.24) is 9.55 Å². The fourth-order valence-electron chi connectivity index (χ4n) is 1.62. The zero-order chi connectivity index (χ0) is 13.1. The number of halogens is 1. The molecule has 94 valence electrons. The maximum absolute atomic E-state index is 12.0. The van der Waals surface area contributed by atoms with Gasteiger partial charge in [-0.15, -0.1) is 0 Å². The third-order valence-corrected chi connectivity index (χ3v) is 2.90. The van der Waals surface area contributed by atoms with E-state index in [2.05, 4.69) is 4.98 Å². The summed E-state index contributed by atoms with van der Waals surface area (Å²) in [4.78, 5) is 15.9. The molecule has 0 saturated heterocycles. The quantitative estimate of drug-likeness (QED) is 0.799. The van der Waals surface area contributed by atoms with E-state index >= 15 is 0 Å². The Morgan fingerprint density at radius 3 is 2.61 bits per heavy atom. The number of ether oxygens (including phenoxy) is 1. The highest BCUT2D eigenvalue weighted by Crippen LogP contribution is 2.15. The van der Waals surface area contributed by atoms with E-state index in [1.54, 1.807) is 0 Å². The number of rotatable bonds is 3. The minimum absolute atomic E-state index is 0.0753. The molecule has 0 aliphatic heterocycles. The molecule has 1 heterocycles. The van der Waals surface area contributed by atoms with E-state index in [-0.39, 0.29) is 16.5 Å². The Kier molecular flexibility index (Phi) is 3.67. The molecule has 0 fully saturated rings. The van der Waals surface area contributed by atoms with Crippen molar-refractivity contribution in [3.8, 4) is 5.75 Å². The van der Waals surface area contributed by atoms with Crippen LogP contribution < -0.4 is 10.3 Å². The van der Waals surface area contributed by atoms with Crippen LogP contribution in [-0.4, -0.2) is 16.7 Å². The third kappa shape index (κ3) is 2.54. The molecular formula is C13H13ClN2O2. The normalized spacial score (nSPS) is 10.4. The van der Waals surface area contributed by atoms with E-state index in [9.17, 15) is 4.79 Å². The van der Waals surface area contributed by atoms with Crippen LogP contribution in [0.1, 0.15) is 11.1 Å². The summed E-state index contributed by atoms with van der Waals surface area (Å²) in [6.07, 6.45) is 1.42. The molecule has 0 bridgehead atoms. The summed E-state index contributed by atoms with van der Waals surface area (Å²) < 4.78 is 6.41. The van der Waals surface area contributed by atoms with E-state index in [4.69, 9.17) is 16.3 Å². The molecule has 2 rings (SSSR count). The van der Waals surface area contributed by atoms with Crippen LogP contribution in [0.5, 0.6) is 5.75 Å². The second-order valence-electron chi connectivity index (χ2n) is 3.99. The topological polar surface area (TPSA) is 44.1 Å². The predicted molar refractivity (Wildman–Crippen MR) is 70.3 cm³/mol. The SMILES string of the molecule is COc1c(Cl)ncn(Cc2ccc(C)cc2)c1=O. The molecule has 0 radical (unpaired) electrons. The van der Waals surface area contributed by atoms with Crippen LogP contribution in [0.15, 0.2) is 35.4 Å². The van der Waals surface area contributed by atoms with Crippen molar-refractivity contribution in [2.24, 2.45) is 0 Å². The van der Waals surface area contributed by atoms with Crippen molar-refractivity contribution in [2.75, 3.05) is 7.11 Å². The van der Waals surface area contributed by atoms with Gasteiger partial charge in [0.2, 0.25) is 5.75 Å². The first-order valence-electron chi connectivity index (χ1n) is 5.46. The van der Waals surface area contributed by atoms with E-state index in [1.807, 2.05) is 31.2 Å². The first-order valence-corrected chi connectivity index (χ1v) is 5.84. The fraction of sp³-hybridized carbons (Fsp3) is 0.231. The molecule has 0 amide bonds. The zero-order valence-electron chi connectivity index (χ0n) is 10.2. The lowest BCUT2D eigenvalue weighted by atomic mass is 10.1. The Morgan fingerprint density at radius 1 is 1.33 bits per heavy atom. The molecule has 0 saturated carbocycles. The number of hydrogen-bond acceptors (Lipinski definition) is 3. The highest BCUT2D eigenvalue weighted by molar-refractivity contribution is 6.30. The monoisotopic (exact) mass is 264 g/mol. The van der Waals surface area contributed by atoms with Gasteiger partial charge < -0.3 is 4.74 Å². The summed E-state index contributed by atoms with van der Waals surface area (Å²) in [5.74, 6) is 0.0753. The molecule has 4 nitrogen and oxygen atoms in total.